The number of fused-ring (bicyclic) bond motifs is 1. The lowest BCUT2D eigenvalue weighted by molar-refractivity contribution is -0.203. The molecule has 1 atom stereocenters. The van der Waals surface area contributed by atoms with Gasteiger partial charge in [0.1, 0.15) is 0 Å². The fourth-order valence-electron chi connectivity index (χ4n) is 4.77. The Balaban J connectivity index is 1.75. The Labute approximate surface area is 208 Å². The Kier molecular flexibility index (Phi) is 6.47. The van der Waals surface area contributed by atoms with Gasteiger partial charge in [-0.2, -0.15) is 13.2 Å². The first-order chi connectivity index (χ1) is 17.2. The van der Waals surface area contributed by atoms with E-state index in [1.807, 2.05) is 0 Å². The van der Waals surface area contributed by atoms with Crippen LogP contribution in [-0.2, 0) is 16.2 Å². The number of rotatable bonds is 5. The smallest absolute Gasteiger partial charge is 0.327 e. The normalized spacial score (nSPS) is 20.8. The maximum absolute atomic E-state index is 13.4. The number of nitrogens with zero attached hydrogens (tertiary/aromatic N) is 4. The van der Waals surface area contributed by atoms with E-state index in [1.54, 1.807) is 29.2 Å². The minimum Gasteiger partial charge on any atom is -0.327 e. The van der Waals surface area contributed by atoms with Crippen molar-refractivity contribution in [1.82, 2.24) is 19.8 Å². The molecule has 1 aliphatic carbocycles. The first-order valence-corrected chi connectivity index (χ1v) is 12.0. The van der Waals surface area contributed by atoms with Crippen LogP contribution in [-0.4, -0.2) is 59.1 Å². The van der Waals surface area contributed by atoms with Crippen LogP contribution in [0.5, 0.6) is 0 Å². The summed E-state index contributed by atoms with van der Waals surface area (Å²) in [6.45, 7) is 1.91. The lowest BCUT2D eigenvalue weighted by atomic mass is 9.85. The fraction of sp³-hybridized carbons (Fsp3) is 0.500. The number of hydrogen-bond acceptors (Lipinski definition) is 8. The van der Waals surface area contributed by atoms with Crippen LogP contribution in [0.3, 0.4) is 0 Å². The van der Waals surface area contributed by atoms with Gasteiger partial charge in [0.25, 0.3) is 5.56 Å². The van der Waals surface area contributed by atoms with E-state index in [0.717, 1.165) is 24.3 Å². The molecule has 36 heavy (non-hydrogen) atoms. The van der Waals surface area contributed by atoms with Crippen LogP contribution in [0.1, 0.15) is 19.3 Å². The number of alkyl halides is 3. The number of nitrogens with one attached hydrogen (secondary N) is 2. The molecule has 2 fully saturated rings. The largest absolute Gasteiger partial charge is 0.493 e. The molecule has 1 aromatic heterocycles. The molecule has 194 valence electrons. The summed E-state index contributed by atoms with van der Waals surface area (Å²) in [6.07, 6.45) is -3.86. The molecule has 1 unspecified atom stereocenters. The first-order valence-electron chi connectivity index (χ1n) is 11.6. The van der Waals surface area contributed by atoms with E-state index in [0.29, 0.717) is 31.9 Å². The molecule has 5 rings (SSSR count). The Hall–Kier alpha value is -3.03. The van der Waals surface area contributed by atoms with Crippen molar-refractivity contribution in [2.75, 3.05) is 36.1 Å². The topological polar surface area (TPSA) is 103 Å². The molecule has 0 bridgehead atoms. The van der Waals surface area contributed by atoms with Gasteiger partial charge in [-0.05, 0) is 30.9 Å². The molecule has 3 aliphatic rings. The SMILES string of the molecule is O=C(ON1c2c(c(=O)[nH]c(=O)n2CC2CCC2)N(c2ccccc2Cl)C1N1CCNCC1)C(F)(F)F. The van der Waals surface area contributed by atoms with E-state index in [9.17, 15) is 27.6 Å². The van der Waals surface area contributed by atoms with Gasteiger partial charge in [-0.15, -0.1) is 5.06 Å². The van der Waals surface area contributed by atoms with Crippen molar-refractivity contribution in [2.45, 2.75) is 38.3 Å². The van der Waals surface area contributed by atoms with Gasteiger partial charge in [0, 0.05) is 32.7 Å². The highest BCUT2D eigenvalue weighted by molar-refractivity contribution is 6.33. The maximum Gasteiger partial charge on any atom is 0.493 e. The number of piperazine rings is 1. The number of hydroxylamine groups is 1. The van der Waals surface area contributed by atoms with Gasteiger partial charge in [-0.25, -0.2) is 9.59 Å². The van der Waals surface area contributed by atoms with Crippen LogP contribution < -0.4 is 26.5 Å². The van der Waals surface area contributed by atoms with Gasteiger partial charge in [0.15, 0.2) is 11.5 Å². The van der Waals surface area contributed by atoms with Crippen LogP contribution in [0, 0.1) is 5.92 Å². The highest BCUT2D eigenvalue weighted by Crippen LogP contribution is 2.45. The van der Waals surface area contributed by atoms with Gasteiger partial charge in [-0.3, -0.25) is 24.1 Å². The number of hydrogen-bond donors (Lipinski definition) is 2. The number of benzene rings is 1. The van der Waals surface area contributed by atoms with Gasteiger partial charge in [-0.1, -0.05) is 30.2 Å². The number of carbonyl (C=O) groups is 1. The summed E-state index contributed by atoms with van der Waals surface area (Å²) in [5, 5.41) is 4.13. The Bertz CT molecular complexity index is 1270. The third kappa shape index (κ3) is 4.35. The summed E-state index contributed by atoms with van der Waals surface area (Å²) < 4.78 is 41.3. The van der Waals surface area contributed by atoms with Crippen molar-refractivity contribution >= 4 is 34.8 Å². The second kappa shape index (κ2) is 9.45. The van der Waals surface area contributed by atoms with Crippen molar-refractivity contribution in [3.05, 3.63) is 50.1 Å². The average Bonchev–Trinajstić information content (AvgIpc) is 3.13. The van der Waals surface area contributed by atoms with Crippen molar-refractivity contribution < 1.29 is 22.8 Å². The molecule has 2 aliphatic heterocycles. The predicted octanol–water partition coefficient (Wildman–Crippen LogP) is 2.16. The van der Waals surface area contributed by atoms with Crippen LogP contribution in [0.4, 0.5) is 30.4 Å². The summed E-state index contributed by atoms with van der Waals surface area (Å²) >= 11 is 6.48. The molecule has 0 amide bonds. The molecule has 2 aromatic rings. The van der Waals surface area contributed by atoms with E-state index >= 15 is 0 Å². The molecular formula is C22H24ClF3N6O4. The highest BCUT2D eigenvalue weighted by atomic mass is 35.5. The number of halogens is 4. The summed E-state index contributed by atoms with van der Waals surface area (Å²) in [5.74, 6) is -2.57. The number of anilines is 3. The Morgan fingerprint density at radius 2 is 1.83 bits per heavy atom. The molecule has 1 aromatic carbocycles. The van der Waals surface area contributed by atoms with Crippen LogP contribution in [0.2, 0.25) is 5.02 Å². The van der Waals surface area contributed by atoms with Crippen molar-refractivity contribution in [3.63, 3.8) is 0 Å². The zero-order chi connectivity index (χ0) is 25.6. The van der Waals surface area contributed by atoms with E-state index in [-0.39, 0.29) is 29.0 Å². The molecule has 1 saturated carbocycles. The minimum absolute atomic E-state index is 0.102. The lowest BCUT2D eigenvalue weighted by Crippen LogP contribution is -2.60. The molecule has 10 nitrogen and oxygen atoms in total. The second-order valence-electron chi connectivity index (χ2n) is 9.00. The maximum atomic E-state index is 13.4. The monoisotopic (exact) mass is 528 g/mol. The van der Waals surface area contributed by atoms with Gasteiger partial charge in [0.2, 0.25) is 6.29 Å². The first kappa shape index (κ1) is 24.7. The summed E-state index contributed by atoms with van der Waals surface area (Å²) in [7, 11) is 0. The van der Waals surface area contributed by atoms with Gasteiger partial charge < -0.3 is 10.2 Å². The molecule has 2 N–H and O–H groups in total. The zero-order valence-electron chi connectivity index (χ0n) is 19.1. The van der Waals surface area contributed by atoms with Gasteiger partial charge >= 0.3 is 17.8 Å². The lowest BCUT2D eigenvalue weighted by Gasteiger charge is -2.41. The number of aromatic nitrogens is 2. The molecule has 14 heteroatoms. The highest BCUT2D eigenvalue weighted by Gasteiger charge is 2.51. The van der Waals surface area contributed by atoms with E-state index in [2.05, 4.69) is 10.3 Å². The minimum atomic E-state index is -5.30. The summed E-state index contributed by atoms with van der Waals surface area (Å²) in [4.78, 5) is 48.7. The average molecular weight is 529 g/mol. The van der Waals surface area contributed by atoms with E-state index in [4.69, 9.17) is 16.4 Å². The quantitative estimate of drug-likeness (QED) is 0.609. The third-order valence-corrected chi connectivity index (χ3v) is 7.03. The number of para-hydroxylation sites is 1. The molecule has 0 spiro atoms. The summed E-state index contributed by atoms with van der Waals surface area (Å²) in [6, 6.07) is 6.52. The van der Waals surface area contributed by atoms with Crippen LogP contribution >= 0.6 is 11.6 Å². The predicted molar refractivity (Wildman–Crippen MR) is 125 cm³/mol. The number of aromatic amines is 1. The van der Waals surface area contributed by atoms with Crippen LogP contribution in [0.15, 0.2) is 33.9 Å². The standard InChI is InChI=1S/C22H24ClF3N6O4/c23-14-6-1-2-7-15(14)31-16-17(33)28-20(35)30(12-13-4-3-5-13)18(16)32(36-19(34)22(24,25)26)21(31)29-10-8-27-9-11-29/h1-2,6-7,13,21,27H,3-5,8-12H2,(H,28,33,35). The fourth-order valence-corrected chi connectivity index (χ4v) is 5.00. The molecular weight excluding hydrogens is 505 g/mol. The Morgan fingerprint density at radius 3 is 2.44 bits per heavy atom. The van der Waals surface area contributed by atoms with Crippen molar-refractivity contribution in [3.8, 4) is 0 Å². The Morgan fingerprint density at radius 1 is 1.14 bits per heavy atom. The van der Waals surface area contributed by atoms with Crippen molar-refractivity contribution in [1.29, 1.82) is 0 Å². The zero-order valence-corrected chi connectivity index (χ0v) is 19.8. The number of H-pyrrole nitrogens is 1. The van der Waals surface area contributed by atoms with E-state index in [1.165, 1.54) is 9.47 Å². The number of carbonyl (C=O) groups excluding carboxylic acids is 1. The molecule has 1 saturated heterocycles. The van der Waals surface area contributed by atoms with E-state index < -0.39 is 29.7 Å². The summed E-state index contributed by atoms with van der Waals surface area (Å²) in [5.41, 5.74) is -1.43. The third-order valence-electron chi connectivity index (χ3n) is 6.71. The van der Waals surface area contributed by atoms with Crippen LogP contribution in [0.25, 0.3) is 0 Å². The molecule has 0 radical (unpaired) electrons. The van der Waals surface area contributed by atoms with Crippen molar-refractivity contribution in [2.24, 2.45) is 5.92 Å². The van der Waals surface area contributed by atoms with Gasteiger partial charge in [0.05, 0.1) is 10.7 Å². The second-order valence-corrected chi connectivity index (χ2v) is 9.40. The molecule has 3 heterocycles.